The van der Waals surface area contributed by atoms with Gasteiger partial charge in [-0.25, -0.2) is 10.2 Å². The predicted octanol–water partition coefficient (Wildman–Crippen LogP) is 4.76. The van der Waals surface area contributed by atoms with Crippen LogP contribution in [0.25, 0.3) is 20.9 Å². The largest absolute Gasteiger partial charge is 0.320 e. The van der Waals surface area contributed by atoms with Crippen molar-refractivity contribution in [2.45, 2.75) is 45.2 Å². The van der Waals surface area contributed by atoms with Gasteiger partial charge in [-0.3, -0.25) is 9.38 Å². The fourth-order valence-corrected chi connectivity index (χ4v) is 5.18. The quantitative estimate of drug-likeness (QED) is 0.476. The Hall–Kier alpha value is -2.59. The first-order chi connectivity index (χ1) is 13.1. The van der Waals surface area contributed by atoms with Crippen LogP contribution >= 0.6 is 11.3 Å². The first-order valence-corrected chi connectivity index (χ1v) is 10.3. The molecule has 0 unspecified atom stereocenters. The van der Waals surface area contributed by atoms with Gasteiger partial charge in [0.25, 0.3) is 6.71 Å². The summed E-state index contributed by atoms with van der Waals surface area (Å²) in [5, 5.41) is 9.08. The Morgan fingerprint density at radius 3 is 2.67 bits per heavy atom. The van der Waals surface area contributed by atoms with Crippen molar-refractivity contribution in [2.75, 3.05) is 0 Å². The molecule has 27 heavy (non-hydrogen) atoms. The second-order valence-corrected chi connectivity index (χ2v) is 8.63. The highest BCUT2D eigenvalue weighted by molar-refractivity contribution is 7.20. The summed E-state index contributed by atoms with van der Waals surface area (Å²) < 4.78 is 4.32. The molecule has 0 aromatic carbocycles. The Morgan fingerprint density at radius 2 is 1.93 bits per heavy atom. The minimum Gasteiger partial charge on any atom is -0.320 e. The Balaban J connectivity index is 1.45. The molecule has 0 amide bonds. The Morgan fingerprint density at radius 1 is 1.11 bits per heavy atom. The van der Waals surface area contributed by atoms with Gasteiger partial charge in [-0.15, -0.1) is 0 Å². The fourth-order valence-electron chi connectivity index (χ4n) is 4.23. The van der Waals surface area contributed by atoms with E-state index < -0.39 is 0 Å². The zero-order valence-electron chi connectivity index (χ0n) is 15.5. The summed E-state index contributed by atoms with van der Waals surface area (Å²) in [6.07, 6.45) is 12.8. The summed E-state index contributed by atoms with van der Waals surface area (Å²) in [6.45, 7) is 4.32. The van der Waals surface area contributed by atoms with E-state index in [2.05, 4.69) is 57.5 Å². The molecule has 0 atom stereocenters. The van der Waals surface area contributed by atoms with E-state index in [4.69, 9.17) is 10.2 Å². The van der Waals surface area contributed by atoms with E-state index in [1.807, 2.05) is 6.92 Å². The highest BCUT2D eigenvalue weighted by Crippen LogP contribution is 2.36. The highest BCUT2D eigenvalue weighted by atomic mass is 32.1. The first-order valence-electron chi connectivity index (χ1n) is 9.45. The molecule has 4 aromatic heterocycles. The zero-order chi connectivity index (χ0) is 18.5. The van der Waals surface area contributed by atoms with E-state index in [1.165, 1.54) is 16.1 Å². The number of hydrogen-bond donors (Lipinski definition) is 0. The SMILES string of the molecule is Cc1cn2cc(-c3cn4cc(C5CCB(C#N)CC5)nc4s3)cc2c(C)n1. The molecule has 4 aromatic rings. The van der Waals surface area contributed by atoms with E-state index in [1.54, 1.807) is 11.3 Å². The fraction of sp³-hybridized carbons (Fsp3) is 0.350. The summed E-state index contributed by atoms with van der Waals surface area (Å²) in [5.74, 6) is 2.91. The number of aryl methyl sites for hydroxylation is 2. The maximum Gasteiger partial charge on any atom is 0.267 e. The lowest BCUT2D eigenvalue weighted by Gasteiger charge is -2.21. The summed E-state index contributed by atoms with van der Waals surface area (Å²) >= 11 is 1.73. The van der Waals surface area contributed by atoms with Crippen molar-refractivity contribution < 1.29 is 0 Å². The maximum absolute atomic E-state index is 9.08. The van der Waals surface area contributed by atoms with E-state index in [0.29, 0.717) is 5.92 Å². The van der Waals surface area contributed by atoms with Crippen molar-refractivity contribution >= 4 is 28.5 Å². The van der Waals surface area contributed by atoms with Gasteiger partial charge in [0.1, 0.15) is 0 Å². The standard InChI is InChI=1S/C20H20BN5S/c1-13-8-25-9-16(7-18(25)14(2)23-13)19-11-26-10-17(24-20(26)27-19)15-3-5-21(12-22)6-4-15/h7-11,15H,3-6H2,1-2H3. The lowest BCUT2D eigenvalue weighted by atomic mass is 9.41. The van der Waals surface area contributed by atoms with Gasteiger partial charge in [-0.1, -0.05) is 36.8 Å². The number of imidazole rings is 1. The average molecular weight is 373 g/mol. The second kappa shape index (κ2) is 6.24. The molecule has 1 aliphatic rings. The molecular weight excluding hydrogens is 353 g/mol. The van der Waals surface area contributed by atoms with Gasteiger partial charge in [0, 0.05) is 42.2 Å². The van der Waals surface area contributed by atoms with Crippen LogP contribution in [0.3, 0.4) is 0 Å². The molecular formula is C20H20BN5S. The van der Waals surface area contributed by atoms with Crippen LogP contribution in [0.15, 0.2) is 30.9 Å². The molecule has 7 heteroatoms. The van der Waals surface area contributed by atoms with Crippen LogP contribution < -0.4 is 0 Å². The number of nitriles is 1. The van der Waals surface area contributed by atoms with Crippen molar-refractivity contribution in [2.24, 2.45) is 0 Å². The molecule has 5 heterocycles. The third-order valence-electron chi connectivity index (χ3n) is 5.68. The van der Waals surface area contributed by atoms with Gasteiger partial charge < -0.3 is 4.40 Å². The van der Waals surface area contributed by atoms with Crippen LogP contribution in [0.1, 0.15) is 35.8 Å². The van der Waals surface area contributed by atoms with E-state index in [9.17, 15) is 0 Å². The van der Waals surface area contributed by atoms with E-state index in [0.717, 1.165) is 47.3 Å². The normalized spacial score (nSPS) is 15.7. The van der Waals surface area contributed by atoms with Gasteiger partial charge in [0.2, 0.25) is 0 Å². The second-order valence-electron chi connectivity index (χ2n) is 7.62. The third kappa shape index (κ3) is 2.85. The van der Waals surface area contributed by atoms with Crippen LogP contribution in [0.4, 0.5) is 0 Å². The van der Waals surface area contributed by atoms with Gasteiger partial charge >= 0.3 is 0 Å². The van der Waals surface area contributed by atoms with Crippen molar-refractivity contribution in [3.05, 3.63) is 47.9 Å². The molecule has 0 saturated carbocycles. The molecule has 1 saturated heterocycles. The number of fused-ring (bicyclic) bond motifs is 2. The van der Waals surface area contributed by atoms with Gasteiger partial charge in [0.05, 0.1) is 27.5 Å². The third-order valence-corrected chi connectivity index (χ3v) is 6.72. The molecule has 0 spiro atoms. The van der Waals surface area contributed by atoms with Crippen molar-refractivity contribution in [1.82, 2.24) is 18.8 Å². The summed E-state index contributed by atoms with van der Waals surface area (Å²) in [6, 6.07) is 2.21. The van der Waals surface area contributed by atoms with Crippen LogP contribution in [0, 0.1) is 25.1 Å². The highest BCUT2D eigenvalue weighted by Gasteiger charge is 2.27. The maximum atomic E-state index is 9.08. The van der Waals surface area contributed by atoms with Gasteiger partial charge in [0.15, 0.2) is 4.96 Å². The molecule has 0 bridgehead atoms. The molecule has 5 rings (SSSR count). The summed E-state index contributed by atoms with van der Waals surface area (Å²) in [4.78, 5) is 11.7. The molecule has 1 fully saturated rings. The average Bonchev–Trinajstić information content (AvgIpc) is 3.33. The van der Waals surface area contributed by atoms with Crippen LogP contribution in [0.5, 0.6) is 0 Å². The molecule has 134 valence electrons. The number of rotatable bonds is 2. The molecule has 1 aliphatic heterocycles. The van der Waals surface area contributed by atoms with Crippen molar-refractivity contribution in [1.29, 1.82) is 5.26 Å². The van der Waals surface area contributed by atoms with E-state index in [-0.39, 0.29) is 6.71 Å². The van der Waals surface area contributed by atoms with Gasteiger partial charge in [-0.05, 0) is 19.9 Å². The van der Waals surface area contributed by atoms with Crippen LogP contribution in [0.2, 0.25) is 12.6 Å². The van der Waals surface area contributed by atoms with Gasteiger partial charge in [-0.2, -0.15) is 0 Å². The number of aromatic nitrogens is 4. The summed E-state index contributed by atoms with van der Waals surface area (Å²) in [7, 11) is 0. The van der Waals surface area contributed by atoms with Crippen molar-refractivity contribution in [3.8, 4) is 16.4 Å². The van der Waals surface area contributed by atoms with Crippen molar-refractivity contribution in [3.63, 3.8) is 0 Å². The molecule has 5 nitrogen and oxygen atoms in total. The summed E-state index contributed by atoms with van der Waals surface area (Å²) in [5.41, 5.74) is 5.62. The minimum atomic E-state index is 0.238. The lowest BCUT2D eigenvalue weighted by Crippen LogP contribution is -2.18. The monoisotopic (exact) mass is 373 g/mol. The number of thiazole rings is 1. The van der Waals surface area contributed by atoms with Crippen LogP contribution in [-0.4, -0.2) is 25.5 Å². The predicted molar refractivity (Wildman–Crippen MR) is 110 cm³/mol. The smallest absolute Gasteiger partial charge is 0.267 e. The topological polar surface area (TPSA) is 58.4 Å². The minimum absolute atomic E-state index is 0.238. The van der Waals surface area contributed by atoms with Crippen LogP contribution in [-0.2, 0) is 0 Å². The molecule has 0 N–H and O–H groups in total. The Kier molecular flexibility index (Phi) is 3.83. The molecule has 0 aliphatic carbocycles. The number of nitrogens with zero attached hydrogens (tertiary/aromatic N) is 5. The zero-order valence-corrected chi connectivity index (χ0v) is 16.3. The van der Waals surface area contributed by atoms with E-state index >= 15 is 0 Å². The first kappa shape index (κ1) is 16.6. The lowest BCUT2D eigenvalue weighted by molar-refractivity contribution is 0.598. The number of hydrogen-bond acceptors (Lipinski definition) is 4. The molecule has 0 radical (unpaired) electrons. The Labute approximate surface area is 162 Å². The Bertz CT molecular complexity index is 1160.